The predicted molar refractivity (Wildman–Crippen MR) is 116 cm³/mol. The highest BCUT2D eigenvalue weighted by atomic mass is 16.5. The first-order chi connectivity index (χ1) is 14.2. The average molecular weight is 396 g/mol. The second kappa shape index (κ2) is 10.5. The summed E-state index contributed by atoms with van der Waals surface area (Å²) in [7, 11) is 1.71. The topological polar surface area (TPSA) is 57.5 Å². The molecule has 0 aliphatic carbocycles. The van der Waals surface area contributed by atoms with Crippen molar-refractivity contribution in [1.82, 2.24) is 9.55 Å². The number of rotatable bonds is 11. The van der Waals surface area contributed by atoms with E-state index in [0.29, 0.717) is 32.9 Å². The molecule has 1 N–H and O–H groups in total. The van der Waals surface area contributed by atoms with Gasteiger partial charge in [-0.05, 0) is 55.8 Å². The van der Waals surface area contributed by atoms with Crippen molar-refractivity contribution in [3.8, 4) is 22.8 Å². The lowest BCUT2D eigenvalue weighted by atomic mass is 10.1. The smallest absolute Gasteiger partial charge is 0.203 e. The summed E-state index contributed by atoms with van der Waals surface area (Å²) in [5.41, 5.74) is 3.29. The number of ether oxygens (including phenoxy) is 3. The molecule has 1 heterocycles. The summed E-state index contributed by atoms with van der Waals surface area (Å²) in [5, 5.41) is 3.44. The van der Waals surface area contributed by atoms with Gasteiger partial charge in [-0.1, -0.05) is 12.1 Å². The van der Waals surface area contributed by atoms with Crippen molar-refractivity contribution in [2.45, 2.75) is 26.9 Å². The van der Waals surface area contributed by atoms with E-state index in [1.807, 2.05) is 44.3 Å². The highest BCUT2D eigenvalue weighted by Crippen LogP contribution is 2.26. The zero-order chi connectivity index (χ0) is 20.5. The molecule has 0 atom stereocenters. The fourth-order valence-corrected chi connectivity index (χ4v) is 3.10. The van der Waals surface area contributed by atoms with Crippen LogP contribution >= 0.6 is 0 Å². The van der Waals surface area contributed by atoms with E-state index >= 15 is 0 Å². The van der Waals surface area contributed by atoms with Crippen molar-refractivity contribution in [2.75, 3.05) is 32.2 Å². The number of nitrogens with zero attached hydrogens (tertiary/aromatic N) is 2. The third-order valence-electron chi connectivity index (χ3n) is 4.52. The normalized spacial score (nSPS) is 10.7. The maximum atomic E-state index is 5.54. The minimum atomic E-state index is 0.609. The Morgan fingerprint density at radius 3 is 2.10 bits per heavy atom. The van der Waals surface area contributed by atoms with E-state index in [0.717, 1.165) is 34.3 Å². The van der Waals surface area contributed by atoms with Gasteiger partial charge in [-0.25, -0.2) is 4.98 Å². The molecule has 1 aromatic heterocycles. The van der Waals surface area contributed by atoms with Crippen LogP contribution in [-0.2, 0) is 17.8 Å². The Bertz CT molecular complexity index is 873. The maximum Gasteiger partial charge on any atom is 0.203 e. The Morgan fingerprint density at radius 1 is 0.897 bits per heavy atom. The molecule has 0 fully saturated rings. The van der Waals surface area contributed by atoms with Gasteiger partial charge >= 0.3 is 0 Å². The van der Waals surface area contributed by atoms with Crippen LogP contribution in [0.1, 0.15) is 19.4 Å². The van der Waals surface area contributed by atoms with Gasteiger partial charge in [-0.3, -0.25) is 0 Å². The Labute approximate surface area is 172 Å². The van der Waals surface area contributed by atoms with Gasteiger partial charge in [-0.2, -0.15) is 0 Å². The fourth-order valence-electron chi connectivity index (χ4n) is 3.10. The van der Waals surface area contributed by atoms with Crippen LogP contribution in [0.4, 0.5) is 5.95 Å². The van der Waals surface area contributed by atoms with Crippen LogP contribution < -0.4 is 14.8 Å². The first kappa shape index (κ1) is 20.7. The lowest BCUT2D eigenvalue weighted by molar-refractivity contribution is 0.188. The van der Waals surface area contributed by atoms with Crippen molar-refractivity contribution in [3.05, 3.63) is 60.3 Å². The molecule has 0 saturated heterocycles. The van der Waals surface area contributed by atoms with Gasteiger partial charge in [-0.15, -0.1) is 0 Å². The summed E-state index contributed by atoms with van der Waals surface area (Å²) in [6.07, 6.45) is 1.89. The number of hydrogen-bond donors (Lipinski definition) is 1. The lowest BCUT2D eigenvalue weighted by Gasteiger charge is -2.13. The molecule has 0 spiro atoms. The summed E-state index contributed by atoms with van der Waals surface area (Å²) in [5.74, 6) is 2.57. The first-order valence-corrected chi connectivity index (χ1v) is 9.98. The van der Waals surface area contributed by atoms with Crippen LogP contribution in [0.15, 0.2) is 54.7 Å². The molecule has 154 valence electrons. The number of benzene rings is 2. The third kappa shape index (κ3) is 5.51. The summed E-state index contributed by atoms with van der Waals surface area (Å²) >= 11 is 0. The first-order valence-electron chi connectivity index (χ1n) is 9.98. The van der Waals surface area contributed by atoms with E-state index in [9.17, 15) is 0 Å². The van der Waals surface area contributed by atoms with Crippen molar-refractivity contribution in [1.29, 1.82) is 0 Å². The lowest BCUT2D eigenvalue weighted by Crippen LogP contribution is -2.11. The number of aromatic nitrogens is 2. The highest BCUT2D eigenvalue weighted by Gasteiger charge is 2.12. The molecule has 0 aliphatic heterocycles. The molecule has 0 radical (unpaired) electrons. The average Bonchev–Trinajstić information content (AvgIpc) is 3.15. The number of anilines is 1. The highest BCUT2D eigenvalue weighted by molar-refractivity contribution is 5.62. The molecule has 3 rings (SSSR count). The number of hydrogen-bond acceptors (Lipinski definition) is 5. The van der Waals surface area contributed by atoms with Gasteiger partial charge in [0.05, 0.1) is 31.7 Å². The Kier molecular flexibility index (Phi) is 7.53. The third-order valence-corrected chi connectivity index (χ3v) is 4.52. The van der Waals surface area contributed by atoms with Crippen LogP contribution in [0.2, 0.25) is 0 Å². The van der Waals surface area contributed by atoms with E-state index in [1.54, 1.807) is 7.11 Å². The minimum Gasteiger partial charge on any atom is -0.494 e. The van der Waals surface area contributed by atoms with Crippen molar-refractivity contribution in [3.63, 3.8) is 0 Å². The van der Waals surface area contributed by atoms with E-state index < -0.39 is 0 Å². The number of methoxy groups -OCH3 is 1. The standard InChI is InChI=1S/C23H29N3O3/c1-4-28-20-10-6-18(7-11-20)16-24-23-25-17-22(26(23)14-15-27-3)19-8-12-21(13-9-19)29-5-2/h6-13,17H,4-5,14-16H2,1-3H3,(H,24,25). The second-order valence-corrected chi connectivity index (χ2v) is 6.50. The van der Waals surface area contributed by atoms with E-state index in [1.165, 1.54) is 0 Å². The van der Waals surface area contributed by atoms with Gasteiger partial charge in [0.2, 0.25) is 5.95 Å². The monoisotopic (exact) mass is 395 g/mol. The molecule has 6 nitrogen and oxygen atoms in total. The maximum absolute atomic E-state index is 5.54. The number of nitrogens with one attached hydrogen (secondary N) is 1. The van der Waals surface area contributed by atoms with Crippen LogP contribution in [0.3, 0.4) is 0 Å². The fraction of sp³-hybridized carbons (Fsp3) is 0.348. The Hall–Kier alpha value is -2.99. The van der Waals surface area contributed by atoms with Crippen molar-refractivity contribution < 1.29 is 14.2 Å². The van der Waals surface area contributed by atoms with E-state index in [2.05, 4.69) is 39.1 Å². The molecule has 0 aliphatic rings. The zero-order valence-electron chi connectivity index (χ0n) is 17.4. The van der Waals surface area contributed by atoms with Crippen LogP contribution in [0.25, 0.3) is 11.3 Å². The molecule has 3 aromatic rings. The molecule has 0 bridgehead atoms. The Morgan fingerprint density at radius 2 is 1.52 bits per heavy atom. The van der Waals surface area contributed by atoms with Gasteiger partial charge in [0, 0.05) is 25.8 Å². The molecule has 6 heteroatoms. The van der Waals surface area contributed by atoms with Crippen molar-refractivity contribution in [2.24, 2.45) is 0 Å². The molecule has 0 amide bonds. The summed E-state index contributed by atoms with van der Waals surface area (Å²) < 4.78 is 18.5. The molecule has 0 saturated carbocycles. The van der Waals surface area contributed by atoms with Crippen LogP contribution in [-0.4, -0.2) is 36.5 Å². The van der Waals surface area contributed by atoms with Crippen LogP contribution in [0, 0.1) is 0 Å². The van der Waals surface area contributed by atoms with Gasteiger partial charge < -0.3 is 24.1 Å². The molecular formula is C23H29N3O3. The summed E-state index contributed by atoms with van der Waals surface area (Å²) in [6, 6.07) is 16.2. The van der Waals surface area contributed by atoms with Gasteiger partial charge in [0.1, 0.15) is 11.5 Å². The van der Waals surface area contributed by atoms with Gasteiger partial charge in [0.25, 0.3) is 0 Å². The van der Waals surface area contributed by atoms with Crippen LogP contribution in [0.5, 0.6) is 11.5 Å². The quantitative estimate of drug-likeness (QED) is 0.514. The summed E-state index contributed by atoms with van der Waals surface area (Å²) in [6.45, 7) is 7.29. The van der Waals surface area contributed by atoms with E-state index in [4.69, 9.17) is 14.2 Å². The number of imidazole rings is 1. The summed E-state index contributed by atoms with van der Waals surface area (Å²) in [4.78, 5) is 4.61. The zero-order valence-corrected chi connectivity index (χ0v) is 17.4. The Balaban J connectivity index is 1.76. The van der Waals surface area contributed by atoms with Crippen molar-refractivity contribution >= 4 is 5.95 Å². The second-order valence-electron chi connectivity index (χ2n) is 6.50. The molecule has 2 aromatic carbocycles. The molecule has 0 unspecified atom stereocenters. The molecular weight excluding hydrogens is 366 g/mol. The van der Waals surface area contributed by atoms with Gasteiger partial charge in [0.15, 0.2) is 0 Å². The largest absolute Gasteiger partial charge is 0.494 e. The molecule has 29 heavy (non-hydrogen) atoms. The minimum absolute atomic E-state index is 0.609. The SMILES string of the molecule is CCOc1ccc(CNc2ncc(-c3ccc(OCC)cc3)n2CCOC)cc1. The predicted octanol–water partition coefficient (Wildman–Crippen LogP) is 4.61. The van der Waals surface area contributed by atoms with E-state index in [-0.39, 0.29) is 0 Å².